The maximum absolute atomic E-state index is 14.0. The van der Waals surface area contributed by atoms with Crippen molar-refractivity contribution in [2.75, 3.05) is 41.0 Å². The molecular weight excluding hydrogens is 512 g/mol. The third-order valence-corrected chi connectivity index (χ3v) is 7.89. The normalized spacial score (nSPS) is 17.1. The summed E-state index contributed by atoms with van der Waals surface area (Å²) in [5.74, 6) is 1.94. The number of amides is 1. The van der Waals surface area contributed by atoms with Crippen LogP contribution in [0.1, 0.15) is 54.1 Å². The second-order valence-corrected chi connectivity index (χ2v) is 10.8. The van der Waals surface area contributed by atoms with Crippen LogP contribution in [-0.4, -0.2) is 57.8 Å². The fourth-order valence-corrected chi connectivity index (χ4v) is 5.84. The lowest BCUT2D eigenvalue weighted by molar-refractivity contribution is 0.0767. The van der Waals surface area contributed by atoms with E-state index in [0.717, 1.165) is 24.1 Å². The minimum absolute atomic E-state index is 0.0728. The molecule has 1 N–H and O–H groups in total. The van der Waals surface area contributed by atoms with Gasteiger partial charge in [0.2, 0.25) is 5.75 Å². The zero-order chi connectivity index (χ0) is 29.0. The van der Waals surface area contributed by atoms with E-state index in [1.807, 2.05) is 23.1 Å². The van der Waals surface area contributed by atoms with E-state index in [1.165, 1.54) is 31.2 Å². The monoisotopic (exact) mass is 556 g/mol. The predicted molar refractivity (Wildman–Crippen MR) is 166 cm³/mol. The summed E-state index contributed by atoms with van der Waals surface area (Å²) < 4.78 is 16.5. The Morgan fingerprint density at radius 1 is 0.902 bits per heavy atom. The first-order chi connectivity index (χ1) is 20.0. The van der Waals surface area contributed by atoms with Gasteiger partial charge in [0.05, 0.1) is 21.3 Å². The van der Waals surface area contributed by atoms with Gasteiger partial charge in [-0.05, 0) is 55.4 Å². The Morgan fingerprint density at radius 2 is 1.54 bits per heavy atom. The Morgan fingerprint density at radius 3 is 2.17 bits per heavy atom. The number of benzene rings is 3. The fraction of sp³-hybridized carbons (Fsp3) is 0.400. The lowest BCUT2D eigenvalue weighted by Gasteiger charge is -2.33. The molecule has 1 fully saturated rings. The molecule has 2 unspecified atom stereocenters. The number of rotatable bonds is 13. The number of hydrogen-bond donors (Lipinski definition) is 1. The van der Waals surface area contributed by atoms with Gasteiger partial charge in [0.1, 0.15) is 0 Å². The van der Waals surface area contributed by atoms with Crippen LogP contribution in [0.5, 0.6) is 17.2 Å². The highest BCUT2D eigenvalue weighted by molar-refractivity contribution is 5.96. The second kappa shape index (κ2) is 15.3. The zero-order valence-electron chi connectivity index (χ0n) is 24.9. The average molecular weight is 557 g/mol. The standard InChI is InChI=1S/C35H44N2O4/c1-26(21-27-13-7-5-8-14-27)25-37(35(38)30-23-32(39-2)34(41-4)33(24-30)40-3)20-19-36-31-18-12-11-17-29(31)22-28-15-9-6-10-16-28/h5-10,13-16,21,23-24,29,31,36H,11-12,17-20,22,25H2,1-4H3. The quantitative estimate of drug-likeness (QED) is 0.255. The molecule has 1 aliphatic carbocycles. The Kier molecular flexibility index (Phi) is 11.3. The largest absolute Gasteiger partial charge is 0.493 e. The van der Waals surface area contributed by atoms with E-state index in [0.29, 0.717) is 47.9 Å². The lowest BCUT2D eigenvalue weighted by atomic mass is 9.80. The predicted octanol–water partition coefficient (Wildman–Crippen LogP) is 6.65. The molecule has 1 aliphatic rings. The number of hydrogen-bond acceptors (Lipinski definition) is 5. The Balaban J connectivity index is 1.51. The van der Waals surface area contributed by atoms with Gasteiger partial charge in [0.25, 0.3) is 5.91 Å². The zero-order valence-corrected chi connectivity index (χ0v) is 24.9. The van der Waals surface area contributed by atoms with Crippen molar-refractivity contribution in [1.82, 2.24) is 10.2 Å². The Bertz CT molecular complexity index is 1250. The SMILES string of the molecule is COc1cc(C(=O)N(CCNC2CCCCC2Cc2ccccc2)CC(C)=Cc2ccccc2)cc(OC)c1OC. The molecule has 2 atom stereocenters. The van der Waals surface area contributed by atoms with Crippen LogP contribution in [-0.2, 0) is 6.42 Å². The number of carbonyl (C=O) groups excluding carboxylic acids is 1. The summed E-state index contributed by atoms with van der Waals surface area (Å²) in [6, 6.07) is 24.9. The van der Waals surface area contributed by atoms with Crippen molar-refractivity contribution in [2.24, 2.45) is 5.92 Å². The van der Waals surface area contributed by atoms with E-state index in [9.17, 15) is 4.79 Å². The van der Waals surface area contributed by atoms with Crippen LogP contribution in [0.15, 0.2) is 78.4 Å². The Labute approximate surface area is 245 Å². The van der Waals surface area contributed by atoms with Crippen LogP contribution >= 0.6 is 0 Å². The van der Waals surface area contributed by atoms with E-state index in [1.54, 1.807) is 33.5 Å². The molecule has 6 heteroatoms. The first-order valence-electron chi connectivity index (χ1n) is 14.6. The molecule has 0 aromatic heterocycles. The maximum atomic E-state index is 14.0. The molecule has 4 rings (SSSR count). The van der Waals surface area contributed by atoms with Gasteiger partial charge in [-0.25, -0.2) is 0 Å². The molecule has 1 amide bonds. The number of carbonyl (C=O) groups is 1. The topological polar surface area (TPSA) is 60.0 Å². The number of nitrogens with zero attached hydrogens (tertiary/aromatic N) is 1. The van der Waals surface area contributed by atoms with Crippen molar-refractivity contribution in [3.63, 3.8) is 0 Å². The summed E-state index contributed by atoms with van der Waals surface area (Å²) >= 11 is 0. The van der Waals surface area contributed by atoms with E-state index < -0.39 is 0 Å². The van der Waals surface area contributed by atoms with Gasteiger partial charge >= 0.3 is 0 Å². The van der Waals surface area contributed by atoms with Gasteiger partial charge in [-0.1, -0.05) is 85.2 Å². The van der Waals surface area contributed by atoms with Crippen molar-refractivity contribution in [3.05, 3.63) is 95.1 Å². The van der Waals surface area contributed by atoms with E-state index >= 15 is 0 Å². The summed E-state index contributed by atoms with van der Waals surface area (Å²) in [7, 11) is 4.69. The molecule has 0 radical (unpaired) electrons. The van der Waals surface area contributed by atoms with Crippen LogP contribution in [0.3, 0.4) is 0 Å². The molecule has 0 bridgehead atoms. The maximum Gasteiger partial charge on any atom is 0.254 e. The summed E-state index contributed by atoms with van der Waals surface area (Å²) in [5, 5.41) is 3.83. The van der Waals surface area contributed by atoms with Crippen LogP contribution < -0.4 is 19.5 Å². The first-order valence-corrected chi connectivity index (χ1v) is 14.6. The third kappa shape index (κ3) is 8.37. The van der Waals surface area contributed by atoms with Gasteiger partial charge in [0, 0.05) is 31.2 Å². The Hall–Kier alpha value is -3.77. The van der Waals surface area contributed by atoms with Crippen LogP contribution in [0.4, 0.5) is 0 Å². The van der Waals surface area contributed by atoms with Crippen molar-refractivity contribution in [1.29, 1.82) is 0 Å². The highest BCUT2D eigenvalue weighted by Crippen LogP contribution is 2.38. The van der Waals surface area contributed by atoms with Gasteiger partial charge in [-0.3, -0.25) is 4.79 Å². The minimum Gasteiger partial charge on any atom is -0.493 e. The second-order valence-electron chi connectivity index (χ2n) is 10.8. The molecule has 218 valence electrons. The van der Waals surface area contributed by atoms with Crippen molar-refractivity contribution in [2.45, 2.75) is 45.1 Å². The fourth-order valence-electron chi connectivity index (χ4n) is 5.84. The van der Waals surface area contributed by atoms with E-state index in [-0.39, 0.29) is 5.91 Å². The smallest absolute Gasteiger partial charge is 0.254 e. The van der Waals surface area contributed by atoms with Crippen LogP contribution in [0.25, 0.3) is 6.08 Å². The van der Waals surface area contributed by atoms with Crippen LogP contribution in [0.2, 0.25) is 0 Å². The molecule has 0 aliphatic heterocycles. The van der Waals surface area contributed by atoms with Crippen molar-refractivity contribution < 1.29 is 19.0 Å². The molecular formula is C35H44N2O4. The van der Waals surface area contributed by atoms with Crippen molar-refractivity contribution >= 4 is 12.0 Å². The third-order valence-electron chi connectivity index (χ3n) is 7.89. The summed E-state index contributed by atoms with van der Waals surface area (Å²) in [6.07, 6.45) is 8.16. The molecule has 1 saturated carbocycles. The summed E-state index contributed by atoms with van der Waals surface area (Å²) in [4.78, 5) is 15.9. The summed E-state index contributed by atoms with van der Waals surface area (Å²) in [6.45, 7) is 3.91. The van der Waals surface area contributed by atoms with Gasteiger partial charge in [0.15, 0.2) is 11.5 Å². The minimum atomic E-state index is -0.0728. The first kappa shape index (κ1) is 30.2. The number of methoxy groups -OCH3 is 3. The average Bonchev–Trinajstić information content (AvgIpc) is 3.01. The summed E-state index contributed by atoms with van der Waals surface area (Å²) in [5.41, 5.74) is 4.13. The van der Waals surface area contributed by atoms with Gasteiger partial charge in [-0.2, -0.15) is 0 Å². The number of nitrogens with one attached hydrogen (secondary N) is 1. The molecule has 0 saturated heterocycles. The van der Waals surface area contributed by atoms with E-state index in [2.05, 4.69) is 60.8 Å². The van der Waals surface area contributed by atoms with Gasteiger partial charge in [-0.15, -0.1) is 0 Å². The molecule has 3 aromatic carbocycles. The highest BCUT2D eigenvalue weighted by Gasteiger charge is 2.26. The van der Waals surface area contributed by atoms with Crippen molar-refractivity contribution in [3.8, 4) is 17.2 Å². The molecule has 0 spiro atoms. The lowest BCUT2D eigenvalue weighted by Crippen LogP contribution is -2.44. The highest BCUT2D eigenvalue weighted by atomic mass is 16.5. The van der Waals surface area contributed by atoms with Gasteiger partial charge < -0.3 is 24.4 Å². The number of ether oxygens (including phenoxy) is 3. The molecule has 6 nitrogen and oxygen atoms in total. The molecule has 41 heavy (non-hydrogen) atoms. The molecule has 0 heterocycles. The van der Waals surface area contributed by atoms with E-state index in [4.69, 9.17) is 14.2 Å². The molecule has 3 aromatic rings. The van der Waals surface area contributed by atoms with Crippen LogP contribution in [0, 0.1) is 5.92 Å².